The molecule has 5 rings (SSSR count). The second-order valence-electron chi connectivity index (χ2n) is 7.31. The average Bonchev–Trinajstić information content (AvgIpc) is 3.27. The highest BCUT2D eigenvalue weighted by Gasteiger charge is 2.32. The third-order valence-corrected chi connectivity index (χ3v) is 5.58. The summed E-state index contributed by atoms with van der Waals surface area (Å²) >= 11 is 0. The third kappa shape index (κ3) is 3.24. The van der Waals surface area contributed by atoms with Crippen LogP contribution in [0.25, 0.3) is 10.9 Å². The maximum absolute atomic E-state index is 13.3. The molecule has 1 unspecified atom stereocenters. The first-order chi connectivity index (χ1) is 14.2. The van der Waals surface area contributed by atoms with Crippen molar-refractivity contribution in [3.8, 4) is 17.2 Å². The number of carbonyl (C=O) groups is 1. The molecule has 2 aliphatic rings. The first-order valence-electron chi connectivity index (χ1n) is 9.88. The topological polar surface area (TPSA) is 60.9 Å². The van der Waals surface area contributed by atoms with Gasteiger partial charge in [-0.25, -0.2) is 4.98 Å². The van der Waals surface area contributed by atoms with Crippen LogP contribution in [0.4, 0.5) is 0 Å². The van der Waals surface area contributed by atoms with Crippen LogP contribution in [0.2, 0.25) is 0 Å². The lowest BCUT2D eigenvalue weighted by Gasteiger charge is -2.26. The molecular formula is C23H22N2O4. The second kappa shape index (κ2) is 7.28. The molecule has 0 spiro atoms. The number of rotatable bonds is 3. The number of nitrogens with zero attached hydrogens (tertiary/aromatic N) is 2. The van der Waals surface area contributed by atoms with Crippen LogP contribution in [0.15, 0.2) is 48.5 Å². The van der Waals surface area contributed by atoms with Crippen LogP contribution < -0.4 is 14.2 Å². The highest BCUT2D eigenvalue weighted by molar-refractivity contribution is 5.95. The minimum Gasteiger partial charge on any atom is -0.497 e. The lowest BCUT2D eigenvalue weighted by Crippen LogP contribution is -2.31. The van der Waals surface area contributed by atoms with Crippen LogP contribution in [-0.4, -0.2) is 42.7 Å². The molecule has 6 heteroatoms. The van der Waals surface area contributed by atoms with E-state index in [1.54, 1.807) is 13.2 Å². The Hall–Kier alpha value is -3.28. The Morgan fingerprint density at radius 1 is 1.07 bits per heavy atom. The van der Waals surface area contributed by atoms with Crippen molar-refractivity contribution in [2.24, 2.45) is 0 Å². The zero-order chi connectivity index (χ0) is 19.8. The summed E-state index contributed by atoms with van der Waals surface area (Å²) < 4.78 is 16.6. The van der Waals surface area contributed by atoms with E-state index in [0.717, 1.165) is 53.1 Å². The zero-order valence-corrected chi connectivity index (χ0v) is 16.3. The quantitative estimate of drug-likeness (QED) is 0.677. The zero-order valence-electron chi connectivity index (χ0n) is 16.3. The molecule has 0 radical (unpaired) electrons. The van der Waals surface area contributed by atoms with Gasteiger partial charge >= 0.3 is 0 Å². The number of hydrogen-bond acceptors (Lipinski definition) is 5. The highest BCUT2D eigenvalue weighted by Crippen LogP contribution is 2.38. The van der Waals surface area contributed by atoms with Gasteiger partial charge in [-0.05, 0) is 54.8 Å². The number of ether oxygens (including phenoxy) is 3. The molecule has 6 nitrogen and oxygen atoms in total. The number of likely N-dealkylation sites (tertiary alicyclic amines) is 1. The smallest absolute Gasteiger partial charge is 0.272 e. The first-order valence-corrected chi connectivity index (χ1v) is 9.88. The largest absolute Gasteiger partial charge is 0.497 e. The molecule has 0 bridgehead atoms. The summed E-state index contributed by atoms with van der Waals surface area (Å²) in [4.78, 5) is 19.8. The van der Waals surface area contributed by atoms with Crippen LogP contribution in [0.3, 0.4) is 0 Å². The Labute approximate surface area is 169 Å². The Balaban J connectivity index is 1.43. The molecule has 148 valence electrons. The van der Waals surface area contributed by atoms with Gasteiger partial charge in [0.2, 0.25) is 0 Å². The fourth-order valence-electron chi connectivity index (χ4n) is 4.12. The number of pyridine rings is 1. The van der Waals surface area contributed by atoms with E-state index in [1.165, 1.54) is 0 Å². The first kappa shape index (κ1) is 17.8. The predicted octanol–water partition coefficient (Wildman–Crippen LogP) is 3.99. The lowest BCUT2D eigenvalue weighted by atomic mass is 10.0. The van der Waals surface area contributed by atoms with Crippen molar-refractivity contribution >= 4 is 16.8 Å². The summed E-state index contributed by atoms with van der Waals surface area (Å²) in [5, 5.41) is 0.950. The molecule has 1 fully saturated rings. The molecule has 2 aliphatic heterocycles. The summed E-state index contributed by atoms with van der Waals surface area (Å²) in [6, 6.07) is 15.4. The number of carbonyl (C=O) groups excluding carboxylic acids is 1. The van der Waals surface area contributed by atoms with Crippen molar-refractivity contribution in [1.82, 2.24) is 9.88 Å². The summed E-state index contributed by atoms with van der Waals surface area (Å²) in [5.74, 6) is 2.25. The van der Waals surface area contributed by atoms with Gasteiger partial charge in [0.25, 0.3) is 5.91 Å². The monoisotopic (exact) mass is 390 g/mol. The minimum atomic E-state index is -0.0416. The summed E-state index contributed by atoms with van der Waals surface area (Å²) in [5.41, 5.74) is 2.32. The maximum Gasteiger partial charge on any atom is 0.272 e. The van der Waals surface area contributed by atoms with Crippen molar-refractivity contribution in [1.29, 1.82) is 0 Å². The predicted molar refractivity (Wildman–Crippen MR) is 109 cm³/mol. The molecule has 29 heavy (non-hydrogen) atoms. The van der Waals surface area contributed by atoms with E-state index in [2.05, 4.69) is 4.98 Å². The standard InChI is InChI=1S/C23H22N2O4/c1-27-17-6-8-18-15(13-17)4-7-19(24-18)23(26)25-10-2-3-20(25)16-5-9-21-22(14-16)29-12-11-28-21/h4-9,13-14,20H,2-3,10-12H2,1H3. The number of fused-ring (bicyclic) bond motifs is 2. The van der Waals surface area contributed by atoms with Gasteiger partial charge < -0.3 is 19.1 Å². The van der Waals surface area contributed by atoms with Crippen molar-refractivity contribution in [3.63, 3.8) is 0 Å². The normalized spacial score (nSPS) is 18.1. The SMILES string of the molecule is COc1ccc2nc(C(=O)N3CCCC3c3ccc4c(c3)OCCO4)ccc2c1. The number of amides is 1. The van der Waals surface area contributed by atoms with E-state index in [-0.39, 0.29) is 11.9 Å². The van der Waals surface area contributed by atoms with Crippen molar-refractivity contribution in [2.45, 2.75) is 18.9 Å². The van der Waals surface area contributed by atoms with E-state index in [4.69, 9.17) is 14.2 Å². The van der Waals surface area contributed by atoms with Crippen LogP contribution in [0.1, 0.15) is 34.9 Å². The van der Waals surface area contributed by atoms with Gasteiger partial charge in [-0.2, -0.15) is 0 Å². The fourth-order valence-corrected chi connectivity index (χ4v) is 4.12. The van der Waals surface area contributed by atoms with E-state index in [0.29, 0.717) is 18.9 Å². The molecule has 3 heterocycles. The van der Waals surface area contributed by atoms with Gasteiger partial charge in [-0.15, -0.1) is 0 Å². The number of hydrogen-bond donors (Lipinski definition) is 0. The number of benzene rings is 2. The van der Waals surface area contributed by atoms with E-state index in [1.807, 2.05) is 47.4 Å². The fraction of sp³-hybridized carbons (Fsp3) is 0.304. The third-order valence-electron chi connectivity index (χ3n) is 5.58. The molecule has 1 aromatic heterocycles. The second-order valence-corrected chi connectivity index (χ2v) is 7.31. The van der Waals surface area contributed by atoms with Crippen molar-refractivity contribution < 1.29 is 19.0 Å². The minimum absolute atomic E-state index is 0.0201. The maximum atomic E-state index is 13.3. The van der Waals surface area contributed by atoms with Crippen molar-refractivity contribution in [2.75, 3.05) is 26.9 Å². The number of methoxy groups -OCH3 is 1. The Kier molecular flexibility index (Phi) is 4.46. The highest BCUT2D eigenvalue weighted by atomic mass is 16.6. The molecule has 1 amide bonds. The lowest BCUT2D eigenvalue weighted by molar-refractivity contribution is 0.0729. The van der Waals surface area contributed by atoms with Gasteiger partial charge in [0.15, 0.2) is 11.5 Å². The van der Waals surface area contributed by atoms with Crippen LogP contribution in [0.5, 0.6) is 17.2 Å². The molecule has 0 saturated carbocycles. The molecule has 3 aromatic rings. The van der Waals surface area contributed by atoms with Crippen LogP contribution >= 0.6 is 0 Å². The average molecular weight is 390 g/mol. The Bertz CT molecular complexity index is 1080. The van der Waals surface area contributed by atoms with Gasteiger partial charge in [-0.1, -0.05) is 12.1 Å². The Morgan fingerprint density at radius 3 is 2.79 bits per heavy atom. The van der Waals surface area contributed by atoms with Crippen molar-refractivity contribution in [3.05, 3.63) is 59.8 Å². The van der Waals surface area contributed by atoms with E-state index >= 15 is 0 Å². The molecular weight excluding hydrogens is 368 g/mol. The van der Waals surface area contributed by atoms with Crippen LogP contribution in [0, 0.1) is 0 Å². The molecule has 1 atom stereocenters. The molecule has 2 aromatic carbocycles. The summed E-state index contributed by atoms with van der Waals surface area (Å²) in [6.07, 6.45) is 1.89. The molecule has 0 aliphatic carbocycles. The molecule has 0 N–H and O–H groups in total. The van der Waals surface area contributed by atoms with E-state index in [9.17, 15) is 4.79 Å². The van der Waals surface area contributed by atoms with Crippen LogP contribution in [-0.2, 0) is 0 Å². The van der Waals surface area contributed by atoms with E-state index < -0.39 is 0 Å². The molecule has 1 saturated heterocycles. The van der Waals surface area contributed by atoms with Gasteiger partial charge in [0.05, 0.1) is 18.7 Å². The van der Waals surface area contributed by atoms with Gasteiger partial charge in [0, 0.05) is 11.9 Å². The van der Waals surface area contributed by atoms with Gasteiger partial charge in [0.1, 0.15) is 24.7 Å². The number of aromatic nitrogens is 1. The summed E-state index contributed by atoms with van der Waals surface area (Å²) in [7, 11) is 1.64. The Morgan fingerprint density at radius 2 is 1.93 bits per heavy atom. The summed E-state index contributed by atoms with van der Waals surface area (Å²) in [6.45, 7) is 1.84. The van der Waals surface area contributed by atoms with Gasteiger partial charge in [-0.3, -0.25) is 4.79 Å².